The molecule has 0 aliphatic heterocycles. The Bertz CT molecular complexity index is 436. The van der Waals surface area contributed by atoms with Crippen molar-refractivity contribution in [3.8, 4) is 0 Å². The molecule has 0 radical (unpaired) electrons. The Morgan fingerprint density at radius 1 is 1.20 bits per heavy atom. The summed E-state index contributed by atoms with van der Waals surface area (Å²) in [6.45, 7) is 3.83. The zero-order valence-corrected chi connectivity index (χ0v) is 13.6. The summed E-state index contributed by atoms with van der Waals surface area (Å²) >= 11 is 1.93. The minimum absolute atomic E-state index is 0.0743. The minimum atomic E-state index is -0.701. The van der Waals surface area contributed by atoms with Gasteiger partial charge in [0.1, 0.15) is 17.3 Å². The number of alkyl halides is 1. The molecule has 1 amide bonds. The van der Waals surface area contributed by atoms with Gasteiger partial charge in [-0.3, -0.25) is 0 Å². The van der Waals surface area contributed by atoms with Gasteiger partial charge in [0, 0.05) is 0 Å². The van der Waals surface area contributed by atoms with Gasteiger partial charge in [-0.15, -0.1) is 0 Å². The maximum absolute atomic E-state index is 11.7. The first-order valence-electron chi connectivity index (χ1n) is 6.24. The molecule has 1 aromatic carbocycles. The van der Waals surface area contributed by atoms with Crippen LogP contribution >= 0.6 is 22.6 Å². The first-order chi connectivity index (χ1) is 9.54. The minimum Gasteiger partial charge on any atom is -0.453 e. The van der Waals surface area contributed by atoms with Gasteiger partial charge in [-0.2, -0.15) is 0 Å². The molecule has 0 aliphatic rings. The first kappa shape index (κ1) is 16.7. The van der Waals surface area contributed by atoms with Gasteiger partial charge in [-0.1, -0.05) is 44.2 Å². The number of ether oxygens (including phenoxy) is 2. The number of alkyl carbamates (subject to hydrolysis) is 1. The highest BCUT2D eigenvalue weighted by Crippen LogP contribution is 2.06. The molecular weight excluding hydrogens is 373 g/mol. The van der Waals surface area contributed by atoms with Crippen molar-refractivity contribution in [3.05, 3.63) is 35.9 Å². The lowest BCUT2D eigenvalue weighted by molar-refractivity contribution is -0.144. The molecule has 1 aromatic rings. The maximum Gasteiger partial charge on any atom is 0.408 e. The molecule has 1 unspecified atom stereocenters. The van der Waals surface area contributed by atoms with Crippen molar-refractivity contribution >= 4 is 34.7 Å². The fourth-order valence-corrected chi connectivity index (χ4v) is 1.84. The van der Waals surface area contributed by atoms with Crippen LogP contribution in [0.5, 0.6) is 0 Å². The quantitative estimate of drug-likeness (QED) is 0.460. The van der Waals surface area contributed by atoms with Crippen LogP contribution in [0.2, 0.25) is 0 Å². The number of carbonyl (C=O) groups excluding carboxylic acids is 2. The standard InChI is InChI=1S/C14H18INO4/c1-10(2)12(13(17)20-9-15)16-14(18)19-8-11-6-4-3-5-7-11/h3-7,10,12H,8-9H2,1-2H3,(H,16,18). The van der Waals surface area contributed by atoms with E-state index in [0.717, 1.165) is 5.56 Å². The number of rotatable bonds is 6. The summed E-state index contributed by atoms with van der Waals surface area (Å²) in [5, 5.41) is 2.53. The monoisotopic (exact) mass is 391 g/mol. The summed E-state index contributed by atoms with van der Waals surface area (Å²) in [4.78, 5) is 23.4. The van der Waals surface area contributed by atoms with Crippen LogP contribution in [0.4, 0.5) is 4.79 Å². The fourth-order valence-electron chi connectivity index (χ4n) is 1.53. The number of hydrogen-bond acceptors (Lipinski definition) is 4. The Morgan fingerprint density at radius 3 is 2.40 bits per heavy atom. The van der Waals surface area contributed by atoms with Crippen molar-refractivity contribution in [3.63, 3.8) is 0 Å². The number of carbonyl (C=O) groups is 2. The van der Waals surface area contributed by atoms with Crippen molar-refractivity contribution < 1.29 is 19.1 Å². The summed E-state index contributed by atoms with van der Waals surface area (Å²) in [5.41, 5.74) is 0.888. The summed E-state index contributed by atoms with van der Waals surface area (Å²) < 4.78 is 10.2. The second-order valence-electron chi connectivity index (χ2n) is 4.50. The number of benzene rings is 1. The molecule has 0 spiro atoms. The van der Waals surface area contributed by atoms with Gasteiger partial charge in [0.2, 0.25) is 0 Å². The van der Waals surface area contributed by atoms with Gasteiger partial charge in [-0.25, -0.2) is 9.59 Å². The second-order valence-corrected chi connectivity index (χ2v) is 5.12. The number of halogens is 1. The molecule has 0 heterocycles. The molecule has 1 atom stereocenters. The second kappa shape index (κ2) is 8.78. The molecule has 110 valence electrons. The first-order valence-corrected chi connectivity index (χ1v) is 7.77. The smallest absolute Gasteiger partial charge is 0.408 e. The predicted octanol–water partition coefficient (Wildman–Crippen LogP) is 2.87. The number of nitrogens with one attached hydrogen (secondary N) is 1. The molecule has 1 rings (SSSR count). The fraction of sp³-hybridized carbons (Fsp3) is 0.429. The Hall–Kier alpha value is -1.31. The van der Waals surface area contributed by atoms with Gasteiger partial charge >= 0.3 is 12.1 Å². The van der Waals surface area contributed by atoms with Gasteiger partial charge < -0.3 is 14.8 Å². The van der Waals surface area contributed by atoms with Gasteiger partial charge in [0.15, 0.2) is 0 Å². The van der Waals surface area contributed by atoms with E-state index < -0.39 is 18.1 Å². The Morgan fingerprint density at radius 2 is 1.85 bits per heavy atom. The lowest BCUT2D eigenvalue weighted by atomic mass is 10.1. The van der Waals surface area contributed by atoms with E-state index in [1.54, 1.807) is 0 Å². The van der Waals surface area contributed by atoms with Gasteiger partial charge in [0.05, 0.1) is 0 Å². The van der Waals surface area contributed by atoms with Crippen LogP contribution in [0.15, 0.2) is 30.3 Å². The maximum atomic E-state index is 11.7. The van der Waals surface area contributed by atoms with Gasteiger partial charge in [0.25, 0.3) is 0 Å². The number of esters is 1. The Labute approximate surface area is 132 Å². The van der Waals surface area contributed by atoms with Crippen LogP contribution < -0.4 is 5.32 Å². The molecule has 20 heavy (non-hydrogen) atoms. The van der Waals surface area contributed by atoms with Crippen molar-refractivity contribution in [1.82, 2.24) is 5.32 Å². The lowest BCUT2D eigenvalue weighted by Gasteiger charge is -2.19. The topological polar surface area (TPSA) is 64.6 Å². The van der Waals surface area contributed by atoms with Gasteiger partial charge in [-0.05, 0) is 34.1 Å². The van der Waals surface area contributed by atoms with Crippen molar-refractivity contribution in [2.45, 2.75) is 26.5 Å². The van der Waals surface area contributed by atoms with E-state index in [9.17, 15) is 9.59 Å². The number of amides is 1. The van der Waals surface area contributed by atoms with E-state index in [2.05, 4.69) is 5.32 Å². The van der Waals surface area contributed by atoms with Crippen LogP contribution in [0.3, 0.4) is 0 Å². The number of hydrogen-bond donors (Lipinski definition) is 1. The van der Waals surface area contributed by atoms with E-state index in [0.29, 0.717) is 0 Å². The van der Waals surface area contributed by atoms with E-state index in [4.69, 9.17) is 9.47 Å². The Balaban J connectivity index is 2.48. The van der Waals surface area contributed by atoms with Crippen molar-refractivity contribution in [2.75, 3.05) is 4.61 Å². The molecule has 0 bridgehead atoms. The molecule has 0 aliphatic carbocycles. The van der Waals surface area contributed by atoms with Crippen LogP contribution in [0.1, 0.15) is 19.4 Å². The molecule has 0 saturated heterocycles. The molecule has 0 aromatic heterocycles. The summed E-state index contributed by atoms with van der Waals surface area (Å²) in [7, 11) is 0. The SMILES string of the molecule is CC(C)C(NC(=O)OCc1ccccc1)C(=O)OCI. The molecule has 1 N–H and O–H groups in total. The zero-order valence-electron chi connectivity index (χ0n) is 11.5. The summed E-state index contributed by atoms with van der Waals surface area (Å²) in [5.74, 6) is -0.527. The van der Waals surface area contributed by atoms with Crippen molar-refractivity contribution in [2.24, 2.45) is 5.92 Å². The predicted molar refractivity (Wildman–Crippen MR) is 83.4 cm³/mol. The van der Waals surface area contributed by atoms with E-state index >= 15 is 0 Å². The third kappa shape index (κ3) is 5.77. The molecule has 0 saturated carbocycles. The van der Waals surface area contributed by atoms with Crippen LogP contribution in [-0.4, -0.2) is 22.7 Å². The highest BCUT2D eigenvalue weighted by Gasteiger charge is 2.26. The highest BCUT2D eigenvalue weighted by atomic mass is 127. The lowest BCUT2D eigenvalue weighted by Crippen LogP contribution is -2.45. The zero-order chi connectivity index (χ0) is 15.0. The summed E-state index contributed by atoms with van der Waals surface area (Å²) in [6.07, 6.45) is -0.627. The van der Waals surface area contributed by atoms with Crippen LogP contribution in [-0.2, 0) is 20.9 Å². The van der Waals surface area contributed by atoms with E-state index in [1.165, 1.54) is 0 Å². The highest BCUT2D eigenvalue weighted by molar-refractivity contribution is 14.1. The van der Waals surface area contributed by atoms with E-state index in [-0.39, 0.29) is 17.1 Å². The van der Waals surface area contributed by atoms with Crippen LogP contribution in [0.25, 0.3) is 0 Å². The third-order valence-electron chi connectivity index (χ3n) is 2.60. The molecule has 0 fully saturated rings. The van der Waals surface area contributed by atoms with Crippen LogP contribution in [0, 0.1) is 5.92 Å². The molecule has 6 heteroatoms. The van der Waals surface area contributed by atoms with E-state index in [1.807, 2.05) is 66.8 Å². The molecule has 5 nitrogen and oxygen atoms in total. The normalized spacial score (nSPS) is 11.8. The Kier molecular flexibility index (Phi) is 7.35. The summed E-state index contributed by atoms with van der Waals surface area (Å²) in [6, 6.07) is 8.64. The van der Waals surface area contributed by atoms with Crippen molar-refractivity contribution in [1.29, 1.82) is 0 Å². The average molecular weight is 391 g/mol. The molecular formula is C14H18INO4. The average Bonchev–Trinajstić information content (AvgIpc) is 2.43. The largest absolute Gasteiger partial charge is 0.453 e. The third-order valence-corrected chi connectivity index (χ3v) is 2.91.